The second-order valence-electron chi connectivity index (χ2n) is 3.80. The molecule has 74 valence electrons. The Morgan fingerprint density at radius 2 is 2.08 bits per heavy atom. The molecule has 0 bridgehead atoms. The van der Waals surface area contributed by atoms with E-state index in [0.29, 0.717) is 11.5 Å². The Hall–Kier alpha value is -0.790. The van der Waals surface area contributed by atoms with Crippen molar-refractivity contribution in [2.75, 3.05) is 0 Å². The van der Waals surface area contributed by atoms with Gasteiger partial charge in [0.25, 0.3) is 0 Å². The molecule has 1 aliphatic carbocycles. The molecule has 0 heterocycles. The van der Waals surface area contributed by atoms with Gasteiger partial charge in [0.1, 0.15) is 0 Å². The van der Waals surface area contributed by atoms with Crippen LogP contribution in [0.25, 0.3) is 0 Å². The summed E-state index contributed by atoms with van der Waals surface area (Å²) in [5.41, 5.74) is 0.620. The maximum Gasteiger partial charge on any atom is 0.331 e. The smallest absolute Gasteiger partial charge is 0.331 e. The predicted octanol–water partition coefficient (Wildman–Crippen LogP) is 2.99. The zero-order valence-electron chi connectivity index (χ0n) is 8.25. The van der Waals surface area contributed by atoms with E-state index in [0.717, 1.165) is 12.8 Å². The van der Waals surface area contributed by atoms with Gasteiger partial charge < -0.3 is 5.11 Å². The van der Waals surface area contributed by atoms with Crippen molar-refractivity contribution < 1.29 is 9.90 Å². The van der Waals surface area contributed by atoms with Crippen LogP contribution < -0.4 is 0 Å². The number of rotatable bonds is 4. The van der Waals surface area contributed by atoms with E-state index in [1.165, 1.54) is 25.7 Å². The van der Waals surface area contributed by atoms with Gasteiger partial charge in [-0.1, -0.05) is 38.7 Å². The maximum absolute atomic E-state index is 10.8. The Morgan fingerprint density at radius 1 is 1.46 bits per heavy atom. The molecular formula is C11H18O2. The quantitative estimate of drug-likeness (QED) is 0.678. The van der Waals surface area contributed by atoms with Gasteiger partial charge in [-0.15, -0.1) is 0 Å². The van der Waals surface area contributed by atoms with Gasteiger partial charge in [-0.25, -0.2) is 4.79 Å². The third-order valence-corrected chi connectivity index (χ3v) is 2.71. The van der Waals surface area contributed by atoms with E-state index in [1.807, 2.05) is 13.0 Å². The van der Waals surface area contributed by atoms with Crippen LogP contribution in [0, 0.1) is 5.92 Å². The van der Waals surface area contributed by atoms with E-state index in [2.05, 4.69) is 0 Å². The molecule has 1 rings (SSSR count). The van der Waals surface area contributed by atoms with Gasteiger partial charge in [0, 0.05) is 5.57 Å². The lowest BCUT2D eigenvalue weighted by Gasteiger charge is -2.08. The molecule has 2 nitrogen and oxygen atoms in total. The second-order valence-corrected chi connectivity index (χ2v) is 3.80. The number of allylic oxidation sites excluding steroid dienone is 1. The number of carboxylic acid groups (broad SMARTS) is 1. The van der Waals surface area contributed by atoms with Gasteiger partial charge >= 0.3 is 5.97 Å². The van der Waals surface area contributed by atoms with Gasteiger partial charge in [0.2, 0.25) is 0 Å². The van der Waals surface area contributed by atoms with Crippen molar-refractivity contribution in [3.8, 4) is 0 Å². The SMILES string of the molecule is CCC=C(CC1CCCC1)C(=O)O. The zero-order valence-corrected chi connectivity index (χ0v) is 8.25. The van der Waals surface area contributed by atoms with Crippen molar-refractivity contribution in [2.45, 2.75) is 45.4 Å². The molecule has 2 heteroatoms. The lowest BCUT2D eigenvalue weighted by Crippen LogP contribution is -2.05. The Kier molecular flexibility index (Phi) is 4.00. The third-order valence-electron chi connectivity index (χ3n) is 2.71. The van der Waals surface area contributed by atoms with E-state index in [9.17, 15) is 4.79 Å². The minimum absolute atomic E-state index is 0.620. The minimum Gasteiger partial charge on any atom is -0.478 e. The first-order valence-corrected chi connectivity index (χ1v) is 5.16. The lowest BCUT2D eigenvalue weighted by molar-refractivity contribution is -0.132. The summed E-state index contributed by atoms with van der Waals surface area (Å²) in [7, 11) is 0. The molecule has 0 amide bonds. The number of aliphatic carboxylic acids is 1. The second kappa shape index (κ2) is 5.05. The van der Waals surface area contributed by atoms with Gasteiger partial charge in [-0.05, 0) is 18.8 Å². The molecule has 1 fully saturated rings. The molecule has 0 spiro atoms. The topological polar surface area (TPSA) is 37.3 Å². The Morgan fingerprint density at radius 3 is 2.54 bits per heavy atom. The molecule has 0 atom stereocenters. The van der Waals surface area contributed by atoms with Crippen LogP contribution in [0.1, 0.15) is 45.4 Å². The third kappa shape index (κ3) is 3.21. The summed E-state index contributed by atoms with van der Waals surface area (Å²) in [6.07, 6.45) is 8.45. The average molecular weight is 182 g/mol. The van der Waals surface area contributed by atoms with Crippen LogP contribution in [0.5, 0.6) is 0 Å². The summed E-state index contributed by atoms with van der Waals surface area (Å²) >= 11 is 0. The van der Waals surface area contributed by atoms with Crippen LogP contribution in [-0.2, 0) is 4.79 Å². The highest BCUT2D eigenvalue weighted by Gasteiger charge is 2.18. The van der Waals surface area contributed by atoms with Crippen LogP contribution in [0.4, 0.5) is 0 Å². The van der Waals surface area contributed by atoms with Crippen molar-refractivity contribution in [3.63, 3.8) is 0 Å². The molecule has 0 unspecified atom stereocenters. The summed E-state index contributed by atoms with van der Waals surface area (Å²) < 4.78 is 0. The summed E-state index contributed by atoms with van der Waals surface area (Å²) in [5, 5.41) is 8.90. The van der Waals surface area contributed by atoms with Gasteiger partial charge in [0.15, 0.2) is 0 Å². The van der Waals surface area contributed by atoms with E-state index in [-0.39, 0.29) is 0 Å². The summed E-state index contributed by atoms with van der Waals surface area (Å²) in [5.74, 6) is -0.0948. The van der Waals surface area contributed by atoms with Crippen molar-refractivity contribution >= 4 is 5.97 Å². The highest BCUT2D eigenvalue weighted by atomic mass is 16.4. The Balaban J connectivity index is 2.46. The molecule has 0 aromatic heterocycles. The number of carbonyl (C=O) groups is 1. The fourth-order valence-corrected chi connectivity index (χ4v) is 2.03. The Bertz CT molecular complexity index is 200. The molecule has 1 aliphatic rings. The lowest BCUT2D eigenvalue weighted by atomic mass is 9.97. The molecular weight excluding hydrogens is 164 g/mol. The molecule has 0 radical (unpaired) electrons. The van der Waals surface area contributed by atoms with Crippen molar-refractivity contribution in [3.05, 3.63) is 11.6 Å². The normalized spacial score (nSPS) is 19.3. The standard InChI is InChI=1S/C11H18O2/c1-2-5-10(11(12)13)8-9-6-3-4-7-9/h5,9H,2-4,6-8H2,1H3,(H,12,13). The van der Waals surface area contributed by atoms with Gasteiger partial charge in [-0.3, -0.25) is 0 Å². The fraction of sp³-hybridized carbons (Fsp3) is 0.727. The highest BCUT2D eigenvalue weighted by Crippen LogP contribution is 2.30. The first-order valence-electron chi connectivity index (χ1n) is 5.16. The van der Waals surface area contributed by atoms with Crippen molar-refractivity contribution in [1.82, 2.24) is 0 Å². The van der Waals surface area contributed by atoms with Crippen molar-refractivity contribution in [2.24, 2.45) is 5.92 Å². The largest absolute Gasteiger partial charge is 0.478 e. The van der Waals surface area contributed by atoms with E-state index in [4.69, 9.17) is 5.11 Å². The van der Waals surface area contributed by atoms with Gasteiger partial charge in [0.05, 0.1) is 0 Å². The maximum atomic E-state index is 10.8. The predicted molar refractivity (Wildman–Crippen MR) is 52.6 cm³/mol. The van der Waals surface area contributed by atoms with Crippen molar-refractivity contribution in [1.29, 1.82) is 0 Å². The van der Waals surface area contributed by atoms with E-state index >= 15 is 0 Å². The Labute approximate surface area is 79.6 Å². The average Bonchev–Trinajstić information content (AvgIpc) is 2.56. The molecule has 0 aliphatic heterocycles. The van der Waals surface area contributed by atoms with E-state index < -0.39 is 5.97 Å². The fourth-order valence-electron chi connectivity index (χ4n) is 2.03. The molecule has 1 saturated carbocycles. The number of carboxylic acids is 1. The molecule has 0 aromatic rings. The zero-order chi connectivity index (χ0) is 9.68. The summed E-state index contributed by atoms with van der Waals surface area (Å²) in [6.45, 7) is 1.98. The van der Waals surface area contributed by atoms with Crippen LogP contribution in [-0.4, -0.2) is 11.1 Å². The molecule has 0 saturated heterocycles. The molecule has 1 N–H and O–H groups in total. The molecule has 0 aromatic carbocycles. The number of hydrogen-bond donors (Lipinski definition) is 1. The van der Waals surface area contributed by atoms with E-state index in [1.54, 1.807) is 0 Å². The van der Waals surface area contributed by atoms with Crippen LogP contribution in [0.2, 0.25) is 0 Å². The van der Waals surface area contributed by atoms with Crippen LogP contribution in [0.15, 0.2) is 11.6 Å². The first kappa shape index (κ1) is 10.3. The number of hydrogen-bond acceptors (Lipinski definition) is 1. The first-order chi connectivity index (χ1) is 6.24. The monoisotopic (exact) mass is 182 g/mol. The highest BCUT2D eigenvalue weighted by molar-refractivity contribution is 5.86. The van der Waals surface area contributed by atoms with Gasteiger partial charge in [-0.2, -0.15) is 0 Å². The van der Waals surface area contributed by atoms with Crippen LogP contribution >= 0.6 is 0 Å². The summed E-state index contributed by atoms with van der Waals surface area (Å²) in [4.78, 5) is 10.8. The summed E-state index contributed by atoms with van der Waals surface area (Å²) in [6, 6.07) is 0. The minimum atomic E-state index is -0.728. The molecule has 13 heavy (non-hydrogen) atoms. The van der Waals surface area contributed by atoms with Crippen LogP contribution in [0.3, 0.4) is 0 Å².